The first-order valence-electron chi connectivity index (χ1n) is 5.60. The smallest absolute Gasteiger partial charge is 0.153 e. The molecule has 2 rings (SSSR count). The Labute approximate surface area is 109 Å². The fraction of sp³-hybridized carbons (Fsp3) is 0.0667. The monoisotopic (exact) mass is 255 g/mol. The van der Waals surface area contributed by atoms with E-state index in [9.17, 15) is 9.18 Å². The van der Waals surface area contributed by atoms with E-state index in [2.05, 4.69) is 6.07 Å². The lowest BCUT2D eigenvalue weighted by Crippen LogP contribution is -2.00. The molecule has 0 bridgehead atoms. The third kappa shape index (κ3) is 2.96. The Morgan fingerprint density at radius 3 is 2.79 bits per heavy atom. The fourth-order valence-corrected chi connectivity index (χ4v) is 1.65. The zero-order valence-corrected chi connectivity index (χ0v) is 9.97. The maximum atomic E-state index is 13.0. The summed E-state index contributed by atoms with van der Waals surface area (Å²) in [6.45, 7) is 0.149. The third-order valence-corrected chi connectivity index (χ3v) is 2.62. The van der Waals surface area contributed by atoms with E-state index >= 15 is 0 Å². The van der Waals surface area contributed by atoms with E-state index in [1.807, 2.05) is 0 Å². The number of hydrogen-bond acceptors (Lipinski definition) is 3. The topological polar surface area (TPSA) is 50.1 Å². The van der Waals surface area contributed by atoms with Gasteiger partial charge in [0.05, 0.1) is 17.2 Å². The van der Waals surface area contributed by atoms with Gasteiger partial charge in [0.15, 0.2) is 6.29 Å². The first-order chi connectivity index (χ1) is 9.24. The van der Waals surface area contributed by atoms with E-state index in [0.29, 0.717) is 23.2 Å². The molecule has 0 heterocycles. The highest BCUT2D eigenvalue weighted by molar-refractivity contribution is 5.79. The lowest BCUT2D eigenvalue weighted by molar-refractivity contribution is 0.111. The van der Waals surface area contributed by atoms with Crippen LogP contribution in [0.1, 0.15) is 21.5 Å². The Kier molecular flexibility index (Phi) is 3.89. The van der Waals surface area contributed by atoms with Crippen LogP contribution in [0.25, 0.3) is 0 Å². The van der Waals surface area contributed by atoms with Crippen molar-refractivity contribution in [2.24, 2.45) is 0 Å². The van der Waals surface area contributed by atoms with Crippen LogP contribution in [0.5, 0.6) is 5.75 Å². The largest absolute Gasteiger partial charge is 0.488 e. The average molecular weight is 255 g/mol. The first kappa shape index (κ1) is 12.8. The number of hydrogen-bond donors (Lipinski definition) is 0. The molecule has 4 heteroatoms. The van der Waals surface area contributed by atoms with E-state index in [1.165, 1.54) is 12.1 Å². The SMILES string of the molecule is N#Cc1ccccc1COc1ccc(F)cc1C=O. The van der Waals surface area contributed by atoms with Crippen molar-refractivity contribution in [2.75, 3.05) is 0 Å². The number of rotatable bonds is 4. The molecule has 0 saturated carbocycles. The molecule has 0 aliphatic rings. The standard InChI is InChI=1S/C15H10FNO2/c16-14-5-6-15(13(7-14)9-18)19-10-12-4-2-1-3-11(12)8-17/h1-7,9H,10H2. The molecule has 0 N–H and O–H groups in total. The van der Waals surface area contributed by atoms with Crippen molar-refractivity contribution in [1.82, 2.24) is 0 Å². The maximum Gasteiger partial charge on any atom is 0.153 e. The molecule has 0 aliphatic heterocycles. The van der Waals surface area contributed by atoms with Crippen LogP contribution in [-0.2, 0) is 6.61 Å². The van der Waals surface area contributed by atoms with Crippen molar-refractivity contribution < 1.29 is 13.9 Å². The number of benzene rings is 2. The second kappa shape index (κ2) is 5.78. The molecular weight excluding hydrogens is 245 g/mol. The van der Waals surface area contributed by atoms with Crippen molar-refractivity contribution in [3.8, 4) is 11.8 Å². The number of aldehydes is 1. The minimum Gasteiger partial charge on any atom is -0.488 e. The van der Waals surface area contributed by atoms with Crippen LogP contribution in [0.4, 0.5) is 4.39 Å². The first-order valence-corrected chi connectivity index (χ1v) is 5.60. The van der Waals surface area contributed by atoms with E-state index in [4.69, 9.17) is 10.00 Å². The molecule has 0 atom stereocenters. The van der Waals surface area contributed by atoms with Gasteiger partial charge in [-0.1, -0.05) is 18.2 Å². The molecule has 0 saturated heterocycles. The number of nitrogens with zero attached hydrogens (tertiary/aromatic N) is 1. The second-order valence-corrected chi connectivity index (χ2v) is 3.86. The van der Waals surface area contributed by atoms with Crippen molar-refractivity contribution >= 4 is 6.29 Å². The molecule has 0 amide bonds. The van der Waals surface area contributed by atoms with Crippen molar-refractivity contribution in [2.45, 2.75) is 6.61 Å². The summed E-state index contributed by atoms with van der Waals surface area (Å²) < 4.78 is 18.4. The minimum absolute atomic E-state index is 0.148. The third-order valence-electron chi connectivity index (χ3n) is 2.62. The van der Waals surface area contributed by atoms with Gasteiger partial charge in [0.2, 0.25) is 0 Å². The molecule has 2 aromatic rings. The van der Waals surface area contributed by atoms with Crippen molar-refractivity contribution in [3.05, 3.63) is 65.0 Å². The summed E-state index contributed by atoms with van der Waals surface area (Å²) in [5.74, 6) is -0.198. The molecule has 3 nitrogen and oxygen atoms in total. The lowest BCUT2D eigenvalue weighted by atomic mass is 10.1. The molecule has 0 unspecified atom stereocenters. The molecule has 0 aromatic heterocycles. The summed E-state index contributed by atoms with van der Waals surface area (Å²) in [7, 11) is 0. The lowest BCUT2D eigenvalue weighted by Gasteiger charge is -2.09. The van der Waals surface area contributed by atoms with E-state index in [-0.39, 0.29) is 12.2 Å². The van der Waals surface area contributed by atoms with Crippen molar-refractivity contribution in [3.63, 3.8) is 0 Å². The highest BCUT2D eigenvalue weighted by Gasteiger charge is 2.06. The molecule has 2 aromatic carbocycles. The molecule has 19 heavy (non-hydrogen) atoms. The van der Waals surface area contributed by atoms with Gasteiger partial charge in [-0.25, -0.2) is 4.39 Å². The highest BCUT2D eigenvalue weighted by atomic mass is 19.1. The molecule has 0 aliphatic carbocycles. The van der Waals surface area contributed by atoms with E-state index < -0.39 is 5.82 Å². The van der Waals surface area contributed by atoms with Crippen LogP contribution in [0.15, 0.2) is 42.5 Å². The summed E-state index contributed by atoms with van der Waals surface area (Å²) in [6, 6.07) is 12.8. The Balaban J connectivity index is 2.19. The Morgan fingerprint density at radius 1 is 1.26 bits per heavy atom. The van der Waals surface area contributed by atoms with Gasteiger partial charge in [0, 0.05) is 5.56 Å². The molecule has 94 valence electrons. The molecule has 0 spiro atoms. The number of carbonyl (C=O) groups excluding carboxylic acids is 1. The number of carbonyl (C=O) groups is 1. The van der Waals surface area contributed by atoms with Gasteiger partial charge < -0.3 is 4.74 Å². The van der Waals surface area contributed by atoms with Crippen LogP contribution in [0.3, 0.4) is 0 Å². The zero-order chi connectivity index (χ0) is 13.7. The van der Waals surface area contributed by atoms with Gasteiger partial charge in [-0.2, -0.15) is 5.26 Å². The summed E-state index contributed by atoms with van der Waals surface area (Å²) in [5, 5.41) is 8.94. The predicted molar refractivity (Wildman–Crippen MR) is 67.3 cm³/mol. The van der Waals surface area contributed by atoms with Gasteiger partial charge in [-0.3, -0.25) is 4.79 Å². The molecule has 0 fully saturated rings. The average Bonchev–Trinajstić information content (AvgIpc) is 2.46. The summed E-state index contributed by atoms with van der Waals surface area (Å²) in [6.07, 6.45) is 0.536. The molecule has 0 radical (unpaired) electrons. The Bertz CT molecular complexity index is 647. The normalized spacial score (nSPS) is 9.68. The van der Waals surface area contributed by atoms with Crippen LogP contribution < -0.4 is 4.74 Å². The molecular formula is C15H10FNO2. The van der Waals surface area contributed by atoms with Crippen LogP contribution in [0, 0.1) is 17.1 Å². The van der Waals surface area contributed by atoms with Crippen molar-refractivity contribution in [1.29, 1.82) is 5.26 Å². The number of halogens is 1. The summed E-state index contributed by atoms with van der Waals surface area (Å²) >= 11 is 0. The van der Waals surface area contributed by atoms with Crippen LogP contribution in [-0.4, -0.2) is 6.29 Å². The maximum absolute atomic E-state index is 13.0. The fourth-order valence-electron chi connectivity index (χ4n) is 1.65. The number of ether oxygens (including phenoxy) is 1. The van der Waals surface area contributed by atoms with E-state index in [0.717, 1.165) is 6.07 Å². The zero-order valence-electron chi connectivity index (χ0n) is 9.97. The summed E-state index contributed by atoms with van der Waals surface area (Å²) in [5.41, 5.74) is 1.37. The summed E-state index contributed by atoms with van der Waals surface area (Å²) in [4.78, 5) is 10.8. The van der Waals surface area contributed by atoms with Crippen LogP contribution in [0.2, 0.25) is 0 Å². The van der Waals surface area contributed by atoms with Gasteiger partial charge >= 0.3 is 0 Å². The Hall–Kier alpha value is -2.67. The van der Waals surface area contributed by atoms with Gasteiger partial charge in [0.25, 0.3) is 0 Å². The Morgan fingerprint density at radius 2 is 2.05 bits per heavy atom. The minimum atomic E-state index is -0.494. The van der Waals surface area contributed by atoms with Crippen LogP contribution >= 0.6 is 0 Å². The van der Waals surface area contributed by atoms with Gasteiger partial charge in [-0.15, -0.1) is 0 Å². The quantitative estimate of drug-likeness (QED) is 0.789. The van der Waals surface area contributed by atoms with E-state index in [1.54, 1.807) is 24.3 Å². The highest BCUT2D eigenvalue weighted by Crippen LogP contribution is 2.20. The van der Waals surface area contributed by atoms with Gasteiger partial charge in [0.1, 0.15) is 18.2 Å². The number of nitriles is 1. The second-order valence-electron chi connectivity index (χ2n) is 3.86. The van der Waals surface area contributed by atoms with Gasteiger partial charge in [-0.05, 0) is 24.3 Å². The predicted octanol–water partition coefficient (Wildman–Crippen LogP) is 3.09.